The van der Waals surface area contributed by atoms with Crippen LogP contribution in [0.2, 0.25) is 0 Å². The van der Waals surface area contributed by atoms with Gasteiger partial charge < -0.3 is 18.6 Å². The highest BCUT2D eigenvalue weighted by Crippen LogP contribution is 2.43. The first-order valence-corrected chi connectivity index (χ1v) is 30.4. The molecule has 0 aliphatic carbocycles. The van der Waals surface area contributed by atoms with E-state index in [1.165, 1.54) is 0 Å². The Morgan fingerprint density at radius 1 is 0.383 bits per heavy atom. The average Bonchev–Trinajstić information content (AvgIpc) is 1.57. The van der Waals surface area contributed by atoms with Gasteiger partial charge in [0.1, 0.15) is 13.2 Å². The number of esters is 2. The molecule has 94 heavy (non-hydrogen) atoms. The third-order valence-electron chi connectivity index (χ3n) is 17.0. The second kappa shape index (κ2) is 24.6. The predicted octanol–water partition coefficient (Wildman–Crippen LogP) is 19.8. The number of carbonyl (C=O) groups excluding carboxylic acids is 2. The second-order valence-corrected chi connectivity index (χ2v) is 22.6. The molecule has 0 amide bonds. The minimum Gasteiger partial charge on any atom is -0.457 e. The van der Waals surface area contributed by atoms with Crippen LogP contribution in [0.15, 0.2) is 279 Å². The van der Waals surface area contributed by atoms with Gasteiger partial charge in [-0.2, -0.15) is 5.26 Å². The monoisotopic (exact) mass is 1210 g/mol. The molecule has 0 saturated carbocycles. The van der Waals surface area contributed by atoms with E-state index < -0.39 is 11.9 Å². The van der Waals surface area contributed by atoms with Crippen molar-refractivity contribution in [3.05, 3.63) is 330 Å². The SMILES string of the molecule is [C-]#[N+]c1ccc(-c2cccc(-c3nc(-c4ccc(-c5ccccc5C#N)cc4-n4c5ccccc5c5cc(C(=O)OCc6ccccc6)ccc54)nc(-c4ccc(-c5ccccc5[N+]#[C-])cc4-n4c5ccccc5c5cc(C(=O)OCc6ccccc6)ccc54)n3)c2)cc1. The van der Waals surface area contributed by atoms with Gasteiger partial charge in [0.15, 0.2) is 28.8 Å². The van der Waals surface area contributed by atoms with Gasteiger partial charge >= 0.3 is 11.9 Å². The van der Waals surface area contributed by atoms with Gasteiger partial charge in [-0.3, -0.25) is 0 Å². The number of hydrogen-bond acceptors (Lipinski definition) is 8. The standard InChI is InChI=1S/C82H50N8O4/c1-84-62-38-32-54(33-39-62)55-23-17-24-58(44-55)78-86-79(67-40-34-56(63-25-10-9-22-61(63)49-83)47-76(67)89-72-30-15-12-27-65(72)69-45-59(36-42-74(69)89)81(91)93-50-52-18-5-3-6-19-52)88-80(87-78)68-41-35-57(64-26-11-14-29-71(64)85-2)48-77(68)90-73-31-16-13-28-66(73)70-46-60(37-43-75(70)90)82(92)94-51-53-20-7-4-8-21-53/h3-48H,50-51H2. The summed E-state index contributed by atoms with van der Waals surface area (Å²) in [6, 6.07) is 91.5. The number of para-hydroxylation sites is 3. The summed E-state index contributed by atoms with van der Waals surface area (Å²) in [4.78, 5) is 52.0. The van der Waals surface area contributed by atoms with E-state index >= 15 is 0 Å². The lowest BCUT2D eigenvalue weighted by Crippen LogP contribution is -2.07. The Morgan fingerprint density at radius 3 is 1.40 bits per heavy atom. The van der Waals surface area contributed by atoms with E-state index in [-0.39, 0.29) is 13.2 Å². The van der Waals surface area contributed by atoms with Gasteiger partial charge in [0.05, 0.1) is 69.3 Å². The number of fused-ring (bicyclic) bond motifs is 6. The molecule has 0 saturated heterocycles. The zero-order chi connectivity index (χ0) is 63.7. The van der Waals surface area contributed by atoms with Gasteiger partial charge in [0, 0.05) is 38.2 Å². The zero-order valence-electron chi connectivity index (χ0n) is 50.2. The molecule has 3 heterocycles. The fourth-order valence-corrected chi connectivity index (χ4v) is 12.4. The van der Waals surface area contributed by atoms with Crippen LogP contribution in [0.25, 0.3) is 132 Å². The molecule has 0 aliphatic rings. The van der Waals surface area contributed by atoms with E-state index in [0.717, 1.165) is 88.1 Å². The van der Waals surface area contributed by atoms with Gasteiger partial charge in [-0.15, -0.1) is 0 Å². The third kappa shape index (κ3) is 10.7. The topological polar surface area (TPSA) is 134 Å². The summed E-state index contributed by atoms with van der Waals surface area (Å²) in [6.45, 7) is 16.1. The van der Waals surface area contributed by atoms with Crippen LogP contribution in [0.1, 0.15) is 37.4 Å². The smallest absolute Gasteiger partial charge is 0.338 e. The van der Waals surface area contributed by atoms with E-state index in [1.54, 1.807) is 30.3 Å². The van der Waals surface area contributed by atoms with Crippen molar-refractivity contribution in [2.45, 2.75) is 13.2 Å². The molecule has 15 aromatic rings. The van der Waals surface area contributed by atoms with Crippen molar-refractivity contribution in [1.82, 2.24) is 24.1 Å². The highest BCUT2D eigenvalue weighted by Gasteiger charge is 2.26. The normalized spacial score (nSPS) is 11.1. The Hall–Kier alpha value is -13.3. The fourth-order valence-electron chi connectivity index (χ4n) is 12.4. The van der Waals surface area contributed by atoms with Crippen molar-refractivity contribution in [1.29, 1.82) is 5.26 Å². The maximum absolute atomic E-state index is 13.9. The number of aromatic nitrogens is 5. The lowest BCUT2D eigenvalue weighted by atomic mass is 9.97. The summed E-state index contributed by atoms with van der Waals surface area (Å²) in [5.41, 5.74) is 15.4. The first kappa shape index (κ1) is 57.1. The van der Waals surface area contributed by atoms with Crippen molar-refractivity contribution in [3.63, 3.8) is 0 Å². The molecule has 0 radical (unpaired) electrons. The van der Waals surface area contributed by atoms with Gasteiger partial charge in [0.25, 0.3) is 0 Å². The average molecular weight is 1210 g/mol. The number of carbonyl (C=O) groups is 2. The van der Waals surface area contributed by atoms with E-state index in [2.05, 4.69) is 37.0 Å². The van der Waals surface area contributed by atoms with E-state index in [9.17, 15) is 14.9 Å². The molecule has 0 aliphatic heterocycles. The van der Waals surface area contributed by atoms with E-state index in [4.69, 9.17) is 37.6 Å². The fraction of sp³-hybridized carbons (Fsp3) is 0.0244. The molecule has 15 rings (SSSR count). The predicted molar refractivity (Wildman–Crippen MR) is 369 cm³/mol. The number of ether oxygens (including phenoxy) is 2. The van der Waals surface area contributed by atoms with Crippen molar-refractivity contribution < 1.29 is 19.1 Å². The molecule has 0 N–H and O–H groups in total. The van der Waals surface area contributed by atoms with E-state index in [1.807, 2.05) is 237 Å². The van der Waals surface area contributed by atoms with Crippen LogP contribution in [0.5, 0.6) is 0 Å². The molecule has 0 fully saturated rings. The molecule has 12 heteroatoms. The minimum atomic E-state index is -0.457. The number of nitrogens with zero attached hydrogens (tertiary/aromatic N) is 8. The first-order valence-electron chi connectivity index (χ1n) is 30.4. The highest BCUT2D eigenvalue weighted by atomic mass is 16.5. The Balaban J connectivity index is 0.976. The molecular weight excluding hydrogens is 1160 g/mol. The minimum absolute atomic E-state index is 0.117. The maximum Gasteiger partial charge on any atom is 0.338 e. The number of hydrogen-bond donors (Lipinski definition) is 0. The Bertz CT molecular complexity index is 5360. The highest BCUT2D eigenvalue weighted by molar-refractivity contribution is 6.13. The van der Waals surface area contributed by atoms with Crippen LogP contribution in [0.4, 0.5) is 11.4 Å². The summed E-state index contributed by atoms with van der Waals surface area (Å²) in [6.07, 6.45) is 0. The Morgan fingerprint density at radius 2 is 0.851 bits per heavy atom. The van der Waals surface area contributed by atoms with Crippen LogP contribution in [-0.4, -0.2) is 36.0 Å². The van der Waals surface area contributed by atoms with Gasteiger partial charge in [-0.05, 0) is 129 Å². The quantitative estimate of drug-likeness (QED) is 0.0776. The third-order valence-corrected chi connectivity index (χ3v) is 17.0. The molecule has 3 aromatic heterocycles. The zero-order valence-corrected chi connectivity index (χ0v) is 50.2. The first-order chi connectivity index (χ1) is 46.3. The van der Waals surface area contributed by atoms with Crippen LogP contribution in [0.3, 0.4) is 0 Å². The van der Waals surface area contributed by atoms with Gasteiger partial charge in [-0.25, -0.2) is 34.2 Å². The summed E-state index contributed by atoms with van der Waals surface area (Å²) < 4.78 is 16.1. The molecule has 0 spiro atoms. The van der Waals surface area contributed by atoms with Crippen LogP contribution < -0.4 is 0 Å². The number of nitriles is 1. The molecular formula is C82H50N8O4. The lowest BCUT2D eigenvalue weighted by molar-refractivity contribution is 0.0464. The molecule has 442 valence electrons. The lowest BCUT2D eigenvalue weighted by Gasteiger charge is -2.18. The summed E-state index contributed by atoms with van der Waals surface area (Å²) >= 11 is 0. The Kier molecular flexibility index (Phi) is 14.9. The van der Waals surface area contributed by atoms with Crippen molar-refractivity contribution >= 4 is 66.9 Å². The molecule has 12 nitrogen and oxygen atoms in total. The maximum atomic E-state index is 13.9. The van der Waals surface area contributed by atoms with Crippen molar-refractivity contribution in [2.24, 2.45) is 0 Å². The van der Waals surface area contributed by atoms with Gasteiger partial charge in [-0.1, -0.05) is 194 Å². The van der Waals surface area contributed by atoms with Gasteiger partial charge in [0.2, 0.25) is 0 Å². The van der Waals surface area contributed by atoms with E-state index in [0.29, 0.717) is 73.6 Å². The van der Waals surface area contributed by atoms with Crippen LogP contribution >= 0.6 is 0 Å². The molecule has 0 bridgehead atoms. The van der Waals surface area contributed by atoms with Crippen LogP contribution in [-0.2, 0) is 22.7 Å². The molecule has 0 unspecified atom stereocenters. The second-order valence-electron chi connectivity index (χ2n) is 22.6. The van der Waals surface area contributed by atoms with Crippen molar-refractivity contribution in [2.75, 3.05) is 0 Å². The summed E-state index contributed by atoms with van der Waals surface area (Å²) in [5.74, 6) is 0.0932. The summed E-state index contributed by atoms with van der Waals surface area (Å²) in [5, 5.41) is 13.9. The number of rotatable bonds is 14. The van der Waals surface area contributed by atoms with Crippen LogP contribution in [0, 0.1) is 24.5 Å². The van der Waals surface area contributed by atoms with Crippen molar-refractivity contribution in [3.8, 4) is 85.0 Å². The molecule has 12 aromatic carbocycles. The Labute approximate surface area is 540 Å². The molecule has 0 atom stereocenters. The number of benzene rings is 12. The summed E-state index contributed by atoms with van der Waals surface area (Å²) in [7, 11) is 0. The largest absolute Gasteiger partial charge is 0.457 e.